The van der Waals surface area contributed by atoms with Crippen LogP contribution in [-0.2, 0) is 6.54 Å². The Morgan fingerprint density at radius 3 is 2.04 bits per heavy atom. The Labute approximate surface area is 153 Å². The number of carbonyl (C=O) groups is 1. The van der Waals surface area contributed by atoms with Crippen LogP contribution < -0.4 is 0 Å². The van der Waals surface area contributed by atoms with Crippen molar-refractivity contribution in [3.63, 3.8) is 0 Å². The van der Waals surface area contributed by atoms with Gasteiger partial charge in [0.25, 0.3) is 0 Å². The third-order valence-electron chi connectivity index (χ3n) is 4.21. The van der Waals surface area contributed by atoms with Gasteiger partial charge in [-0.3, -0.25) is 4.90 Å². The summed E-state index contributed by atoms with van der Waals surface area (Å²) in [6.07, 6.45) is -0.962. The minimum atomic E-state index is -0.962. The number of imidazole rings is 1. The molecule has 0 spiro atoms. The molecule has 26 heavy (non-hydrogen) atoms. The number of carboxylic acid groups (broad SMARTS) is 1. The highest BCUT2D eigenvalue weighted by Crippen LogP contribution is 2.30. The minimum Gasteiger partial charge on any atom is -0.465 e. The summed E-state index contributed by atoms with van der Waals surface area (Å²) in [6, 6.07) is 19.9. The Morgan fingerprint density at radius 2 is 1.54 bits per heavy atom. The monoisotopic (exact) mass is 349 g/mol. The minimum absolute atomic E-state index is 0.200. The zero-order valence-corrected chi connectivity index (χ0v) is 15.2. The number of benzene rings is 2. The maximum Gasteiger partial charge on any atom is 0.408 e. The van der Waals surface area contributed by atoms with Crippen molar-refractivity contribution in [1.29, 1.82) is 0 Å². The molecule has 5 heteroatoms. The molecule has 3 rings (SSSR count). The third kappa shape index (κ3) is 3.77. The molecule has 2 N–H and O–H groups in total. The van der Waals surface area contributed by atoms with E-state index in [4.69, 9.17) is 4.98 Å². The van der Waals surface area contributed by atoms with Crippen molar-refractivity contribution in [2.24, 2.45) is 0 Å². The standard InChI is InChI=1S/C21H23N3O2/c1-21(2,3)24(20(25)26)14-17-22-18(15-10-6-4-7-11-15)19(23-17)16-12-8-5-9-13-16/h4-13H,14H2,1-3H3,(H,22,23)(H,25,26). The summed E-state index contributed by atoms with van der Waals surface area (Å²) in [7, 11) is 0. The molecular formula is C21H23N3O2. The number of aromatic nitrogens is 2. The molecule has 0 aliphatic rings. The van der Waals surface area contributed by atoms with E-state index in [2.05, 4.69) is 4.98 Å². The van der Waals surface area contributed by atoms with Crippen LogP contribution in [0, 0.1) is 0 Å². The number of H-pyrrole nitrogens is 1. The van der Waals surface area contributed by atoms with Crippen LogP contribution >= 0.6 is 0 Å². The summed E-state index contributed by atoms with van der Waals surface area (Å²) in [5.74, 6) is 0.625. The first kappa shape index (κ1) is 17.7. The Hall–Kier alpha value is -3.08. The first-order chi connectivity index (χ1) is 12.4. The number of hydrogen-bond acceptors (Lipinski definition) is 2. The third-order valence-corrected chi connectivity index (χ3v) is 4.21. The molecule has 1 aromatic heterocycles. The zero-order valence-electron chi connectivity index (χ0n) is 15.2. The van der Waals surface area contributed by atoms with Gasteiger partial charge in [-0.25, -0.2) is 9.78 Å². The first-order valence-corrected chi connectivity index (χ1v) is 8.56. The lowest BCUT2D eigenvalue weighted by Crippen LogP contribution is -2.44. The number of rotatable bonds is 4. The Bertz CT molecular complexity index is 824. The molecule has 0 aliphatic carbocycles. The van der Waals surface area contributed by atoms with Gasteiger partial charge in [-0.05, 0) is 20.8 Å². The SMILES string of the molecule is CC(C)(C)N(Cc1nc(-c2ccccc2)c(-c2ccccc2)[nH]1)C(=O)O. The fourth-order valence-electron chi connectivity index (χ4n) is 2.86. The van der Waals surface area contributed by atoms with Gasteiger partial charge in [0, 0.05) is 16.7 Å². The second kappa shape index (κ2) is 7.04. The number of hydrogen-bond donors (Lipinski definition) is 2. The van der Waals surface area contributed by atoms with E-state index in [0.717, 1.165) is 22.5 Å². The molecule has 0 atom stereocenters. The van der Waals surface area contributed by atoms with Crippen LogP contribution in [0.1, 0.15) is 26.6 Å². The van der Waals surface area contributed by atoms with Crippen molar-refractivity contribution in [3.05, 3.63) is 66.5 Å². The summed E-state index contributed by atoms with van der Waals surface area (Å²) in [5.41, 5.74) is 3.21. The highest BCUT2D eigenvalue weighted by molar-refractivity contribution is 5.78. The van der Waals surface area contributed by atoms with Crippen molar-refractivity contribution >= 4 is 6.09 Å². The van der Waals surface area contributed by atoms with E-state index < -0.39 is 11.6 Å². The predicted molar refractivity (Wildman–Crippen MR) is 103 cm³/mol. The van der Waals surface area contributed by atoms with Crippen molar-refractivity contribution in [3.8, 4) is 22.5 Å². The fourth-order valence-corrected chi connectivity index (χ4v) is 2.86. The summed E-state index contributed by atoms with van der Waals surface area (Å²) in [6.45, 7) is 5.83. The summed E-state index contributed by atoms with van der Waals surface area (Å²) in [5, 5.41) is 9.56. The van der Waals surface area contributed by atoms with Crippen LogP contribution in [0.2, 0.25) is 0 Å². The first-order valence-electron chi connectivity index (χ1n) is 8.56. The van der Waals surface area contributed by atoms with Crippen molar-refractivity contribution in [1.82, 2.24) is 14.9 Å². The van der Waals surface area contributed by atoms with Gasteiger partial charge in [0.15, 0.2) is 0 Å². The molecule has 0 saturated carbocycles. The molecule has 2 aromatic carbocycles. The van der Waals surface area contributed by atoms with Gasteiger partial charge in [-0.1, -0.05) is 60.7 Å². The highest BCUT2D eigenvalue weighted by Gasteiger charge is 2.27. The lowest BCUT2D eigenvalue weighted by Gasteiger charge is -2.32. The Kier molecular flexibility index (Phi) is 4.80. The second-order valence-electron chi connectivity index (χ2n) is 7.18. The van der Waals surface area contributed by atoms with Crippen molar-refractivity contribution in [2.45, 2.75) is 32.9 Å². The molecule has 5 nitrogen and oxygen atoms in total. The maximum atomic E-state index is 11.7. The van der Waals surface area contributed by atoms with Crippen LogP contribution in [0.5, 0.6) is 0 Å². The van der Waals surface area contributed by atoms with Gasteiger partial charge in [-0.2, -0.15) is 0 Å². The molecule has 0 bridgehead atoms. The Morgan fingerprint density at radius 1 is 1.00 bits per heavy atom. The normalized spacial score (nSPS) is 11.3. The lowest BCUT2D eigenvalue weighted by atomic mass is 10.1. The van der Waals surface area contributed by atoms with E-state index in [0.29, 0.717) is 5.82 Å². The zero-order chi connectivity index (χ0) is 18.7. The van der Waals surface area contributed by atoms with Gasteiger partial charge >= 0.3 is 6.09 Å². The van der Waals surface area contributed by atoms with Crippen molar-refractivity contribution < 1.29 is 9.90 Å². The largest absolute Gasteiger partial charge is 0.465 e. The van der Waals surface area contributed by atoms with Gasteiger partial charge in [0.05, 0.1) is 17.9 Å². The average Bonchev–Trinajstić information content (AvgIpc) is 3.04. The van der Waals surface area contributed by atoms with Gasteiger partial charge in [0.1, 0.15) is 5.82 Å². The summed E-state index contributed by atoms with van der Waals surface area (Å²) < 4.78 is 0. The van der Waals surface area contributed by atoms with Crippen LogP contribution in [0.15, 0.2) is 60.7 Å². The van der Waals surface area contributed by atoms with E-state index in [9.17, 15) is 9.90 Å². The number of amides is 1. The van der Waals surface area contributed by atoms with Gasteiger partial charge in [-0.15, -0.1) is 0 Å². The smallest absolute Gasteiger partial charge is 0.408 e. The van der Waals surface area contributed by atoms with E-state index in [-0.39, 0.29) is 6.54 Å². The van der Waals surface area contributed by atoms with Crippen LogP contribution in [-0.4, -0.2) is 31.6 Å². The van der Waals surface area contributed by atoms with E-state index >= 15 is 0 Å². The predicted octanol–water partition coefficient (Wildman–Crippen LogP) is 5.02. The van der Waals surface area contributed by atoms with Gasteiger partial charge < -0.3 is 10.1 Å². The highest BCUT2D eigenvalue weighted by atomic mass is 16.4. The molecule has 0 fully saturated rings. The summed E-state index contributed by atoms with van der Waals surface area (Å²) >= 11 is 0. The van der Waals surface area contributed by atoms with E-state index in [1.807, 2.05) is 81.4 Å². The Balaban J connectivity index is 2.06. The number of aromatic amines is 1. The summed E-state index contributed by atoms with van der Waals surface area (Å²) in [4.78, 5) is 21.1. The molecule has 3 aromatic rings. The molecular weight excluding hydrogens is 326 g/mol. The number of nitrogens with zero attached hydrogens (tertiary/aromatic N) is 2. The topological polar surface area (TPSA) is 69.2 Å². The lowest BCUT2D eigenvalue weighted by molar-refractivity contribution is 0.0939. The van der Waals surface area contributed by atoms with E-state index in [1.54, 1.807) is 0 Å². The van der Waals surface area contributed by atoms with Crippen molar-refractivity contribution in [2.75, 3.05) is 0 Å². The molecule has 1 amide bonds. The molecule has 0 unspecified atom stereocenters. The molecule has 0 saturated heterocycles. The van der Waals surface area contributed by atoms with E-state index in [1.165, 1.54) is 4.90 Å². The van der Waals surface area contributed by atoms with Crippen LogP contribution in [0.3, 0.4) is 0 Å². The quantitative estimate of drug-likeness (QED) is 0.694. The molecule has 1 heterocycles. The maximum absolute atomic E-state index is 11.7. The number of nitrogens with one attached hydrogen (secondary N) is 1. The van der Waals surface area contributed by atoms with Crippen LogP contribution in [0.25, 0.3) is 22.5 Å². The molecule has 0 radical (unpaired) electrons. The van der Waals surface area contributed by atoms with Gasteiger partial charge in [0.2, 0.25) is 0 Å². The average molecular weight is 349 g/mol. The molecule has 0 aliphatic heterocycles. The fraction of sp³-hybridized carbons (Fsp3) is 0.238. The van der Waals surface area contributed by atoms with Crippen LogP contribution in [0.4, 0.5) is 4.79 Å². The molecule has 134 valence electrons. The second-order valence-corrected chi connectivity index (χ2v) is 7.18.